The van der Waals surface area contributed by atoms with Gasteiger partial charge in [-0.2, -0.15) is 0 Å². The molecule has 2 N–H and O–H groups in total. The number of ether oxygens (including phenoxy) is 1. The second-order valence-electron chi connectivity index (χ2n) is 8.85. The van der Waals surface area contributed by atoms with Crippen molar-refractivity contribution >= 4 is 22.9 Å². The molecule has 1 unspecified atom stereocenters. The van der Waals surface area contributed by atoms with Gasteiger partial charge in [0.15, 0.2) is 0 Å². The number of rotatable bonds is 7. The van der Waals surface area contributed by atoms with E-state index < -0.39 is 0 Å². The topological polar surface area (TPSA) is 73.5 Å². The van der Waals surface area contributed by atoms with Crippen LogP contribution in [0.2, 0.25) is 0 Å². The van der Waals surface area contributed by atoms with Crippen molar-refractivity contribution in [1.29, 1.82) is 0 Å². The van der Waals surface area contributed by atoms with Crippen LogP contribution in [0.4, 0.5) is 5.95 Å². The second kappa shape index (κ2) is 9.20. The number of amides is 1. The summed E-state index contributed by atoms with van der Waals surface area (Å²) < 4.78 is 5.27. The molecule has 1 atom stereocenters. The van der Waals surface area contributed by atoms with E-state index in [4.69, 9.17) is 9.72 Å². The quantitative estimate of drug-likeness (QED) is 0.598. The number of nitrogens with zero attached hydrogens (tertiary/aromatic N) is 3. The summed E-state index contributed by atoms with van der Waals surface area (Å²) >= 11 is 0. The fourth-order valence-electron chi connectivity index (χ4n) is 4.57. The molecule has 1 aliphatic carbocycles. The molecule has 2 heterocycles. The third kappa shape index (κ3) is 4.72. The molecule has 5 rings (SSSR count). The molecular formula is C25H31N5O2. The van der Waals surface area contributed by atoms with E-state index in [2.05, 4.69) is 38.3 Å². The summed E-state index contributed by atoms with van der Waals surface area (Å²) in [4.78, 5) is 25.6. The van der Waals surface area contributed by atoms with E-state index in [0.717, 1.165) is 60.9 Å². The zero-order valence-electron chi connectivity index (χ0n) is 18.6. The molecule has 2 fully saturated rings. The van der Waals surface area contributed by atoms with Crippen LogP contribution in [-0.4, -0.2) is 60.6 Å². The SMILES string of the molecule is COc1ccc(C(NC(=O)CN2CCCN(c3nc4ccccc4[nH]3)CC2)C2CC2)cc1. The lowest BCUT2D eigenvalue weighted by Gasteiger charge is -2.24. The highest BCUT2D eigenvalue weighted by atomic mass is 16.5. The number of carbonyl (C=O) groups is 1. The van der Waals surface area contributed by atoms with Gasteiger partial charge < -0.3 is 19.9 Å². The van der Waals surface area contributed by atoms with Crippen molar-refractivity contribution in [3.63, 3.8) is 0 Å². The number of para-hydroxylation sites is 2. The Morgan fingerprint density at radius 2 is 1.94 bits per heavy atom. The van der Waals surface area contributed by atoms with E-state index in [1.165, 1.54) is 12.8 Å². The normalized spacial score (nSPS) is 18.3. The maximum Gasteiger partial charge on any atom is 0.234 e. The van der Waals surface area contributed by atoms with Gasteiger partial charge in [0.05, 0.1) is 30.7 Å². The Kier molecular flexibility index (Phi) is 5.99. The molecule has 0 radical (unpaired) electrons. The fourth-order valence-corrected chi connectivity index (χ4v) is 4.57. The summed E-state index contributed by atoms with van der Waals surface area (Å²) in [7, 11) is 1.67. The Labute approximate surface area is 188 Å². The van der Waals surface area contributed by atoms with Gasteiger partial charge in [-0.1, -0.05) is 24.3 Å². The molecule has 1 aromatic heterocycles. The van der Waals surface area contributed by atoms with Gasteiger partial charge in [-0.05, 0) is 55.0 Å². The van der Waals surface area contributed by atoms with Crippen molar-refractivity contribution in [2.45, 2.75) is 25.3 Å². The molecule has 2 aliphatic rings. The fraction of sp³-hybridized carbons (Fsp3) is 0.440. The van der Waals surface area contributed by atoms with Crippen molar-refractivity contribution in [2.75, 3.05) is 44.7 Å². The number of hydrogen-bond acceptors (Lipinski definition) is 5. The third-order valence-electron chi connectivity index (χ3n) is 6.52. The lowest BCUT2D eigenvalue weighted by Crippen LogP contribution is -2.41. The molecule has 7 heteroatoms. The van der Waals surface area contributed by atoms with Crippen LogP contribution in [0.15, 0.2) is 48.5 Å². The first-order chi connectivity index (χ1) is 15.7. The number of carbonyl (C=O) groups excluding carboxylic acids is 1. The highest BCUT2D eigenvalue weighted by Crippen LogP contribution is 2.41. The zero-order chi connectivity index (χ0) is 21.9. The highest BCUT2D eigenvalue weighted by Gasteiger charge is 2.33. The minimum Gasteiger partial charge on any atom is -0.497 e. The van der Waals surface area contributed by atoms with E-state index in [9.17, 15) is 4.79 Å². The molecular weight excluding hydrogens is 402 g/mol. The first kappa shape index (κ1) is 20.8. The number of methoxy groups -OCH3 is 1. The van der Waals surface area contributed by atoms with Crippen molar-refractivity contribution in [2.24, 2.45) is 5.92 Å². The summed E-state index contributed by atoms with van der Waals surface area (Å²) in [5.74, 6) is 2.41. The summed E-state index contributed by atoms with van der Waals surface area (Å²) in [6.45, 7) is 4.00. The predicted molar refractivity (Wildman–Crippen MR) is 126 cm³/mol. The second-order valence-corrected chi connectivity index (χ2v) is 8.85. The van der Waals surface area contributed by atoms with E-state index in [1.807, 2.05) is 30.3 Å². The van der Waals surface area contributed by atoms with Crippen molar-refractivity contribution in [3.8, 4) is 5.75 Å². The summed E-state index contributed by atoms with van der Waals surface area (Å²) in [5, 5.41) is 3.31. The Morgan fingerprint density at radius 3 is 2.69 bits per heavy atom. The van der Waals surface area contributed by atoms with Crippen LogP contribution >= 0.6 is 0 Å². The van der Waals surface area contributed by atoms with E-state index in [0.29, 0.717) is 12.5 Å². The molecule has 0 spiro atoms. The molecule has 168 valence electrons. The number of imidazole rings is 1. The summed E-state index contributed by atoms with van der Waals surface area (Å²) in [6, 6.07) is 16.3. The van der Waals surface area contributed by atoms with Crippen LogP contribution < -0.4 is 15.0 Å². The molecule has 7 nitrogen and oxygen atoms in total. The van der Waals surface area contributed by atoms with Crippen LogP contribution in [0.3, 0.4) is 0 Å². The maximum absolute atomic E-state index is 12.9. The Morgan fingerprint density at radius 1 is 1.12 bits per heavy atom. The number of hydrogen-bond donors (Lipinski definition) is 2. The van der Waals surface area contributed by atoms with Crippen molar-refractivity contribution < 1.29 is 9.53 Å². The number of benzene rings is 2. The smallest absolute Gasteiger partial charge is 0.234 e. The molecule has 3 aromatic rings. The lowest BCUT2D eigenvalue weighted by molar-refractivity contribution is -0.123. The average Bonchev–Trinajstić information content (AvgIpc) is 3.60. The monoisotopic (exact) mass is 433 g/mol. The molecule has 1 saturated carbocycles. The van der Waals surface area contributed by atoms with Crippen LogP contribution in [0, 0.1) is 5.92 Å². The number of nitrogens with one attached hydrogen (secondary N) is 2. The third-order valence-corrected chi connectivity index (χ3v) is 6.52. The van der Waals surface area contributed by atoms with Gasteiger partial charge >= 0.3 is 0 Å². The van der Waals surface area contributed by atoms with E-state index >= 15 is 0 Å². The van der Waals surface area contributed by atoms with Gasteiger partial charge in [-0.3, -0.25) is 9.69 Å². The number of anilines is 1. The molecule has 0 bridgehead atoms. The van der Waals surface area contributed by atoms with Crippen molar-refractivity contribution in [3.05, 3.63) is 54.1 Å². The lowest BCUT2D eigenvalue weighted by atomic mass is 10.0. The van der Waals surface area contributed by atoms with Crippen LogP contribution in [0.5, 0.6) is 5.75 Å². The van der Waals surface area contributed by atoms with Gasteiger partial charge in [0, 0.05) is 26.2 Å². The van der Waals surface area contributed by atoms with Gasteiger partial charge in [0.1, 0.15) is 5.75 Å². The number of fused-ring (bicyclic) bond motifs is 1. The molecule has 1 saturated heterocycles. The minimum absolute atomic E-state index is 0.0902. The Hall–Kier alpha value is -3.06. The zero-order valence-corrected chi connectivity index (χ0v) is 18.6. The first-order valence-electron chi connectivity index (χ1n) is 11.5. The number of aromatic nitrogens is 2. The van der Waals surface area contributed by atoms with Crippen LogP contribution in [-0.2, 0) is 4.79 Å². The maximum atomic E-state index is 12.9. The minimum atomic E-state index is 0.0902. The molecule has 2 aromatic carbocycles. The van der Waals surface area contributed by atoms with Gasteiger partial charge in [-0.25, -0.2) is 4.98 Å². The number of H-pyrrole nitrogens is 1. The molecule has 1 aliphatic heterocycles. The standard InChI is InChI=1S/C25H31N5O2/c1-32-20-11-9-19(10-12-20)24(18-7-8-18)28-23(31)17-29-13-4-14-30(16-15-29)25-26-21-5-2-3-6-22(21)27-25/h2-3,5-6,9-12,18,24H,4,7-8,13-17H2,1H3,(H,26,27)(H,28,31). The van der Waals surface area contributed by atoms with Gasteiger partial charge in [0.2, 0.25) is 11.9 Å². The predicted octanol–water partition coefficient (Wildman–Crippen LogP) is 3.35. The summed E-state index contributed by atoms with van der Waals surface area (Å²) in [6.07, 6.45) is 3.36. The van der Waals surface area contributed by atoms with E-state index in [1.54, 1.807) is 7.11 Å². The largest absolute Gasteiger partial charge is 0.497 e. The highest BCUT2D eigenvalue weighted by molar-refractivity contribution is 5.79. The Balaban J connectivity index is 1.18. The van der Waals surface area contributed by atoms with Gasteiger partial charge in [0.25, 0.3) is 0 Å². The van der Waals surface area contributed by atoms with Crippen LogP contribution in [0.1, 0.15) is 30.9 Å². The van der Waals surface area contributed by atoms with E-state index in [-0.39, 0.29) is 11.9 Å². The average molecular weight is 434 g/mol. The van der Waals surface area contributed by atoms with Crippen molar-refractivity contribution in [1.82, 2.24) is 20.2 Å². The number of aromatic amines is 1. The van der Waals surface area contributed by atoms with Crippen LogP contribution in [0.25, 0.3) is 11.0 Å². The summed E-state index contributed by atoms with van der Waals surface area (Å²) in [5.41, 5.74) is 3.22. The Bertz CT molecular complexity index is 1030. The molecule has 32 heavy (non-hydrogen) atoms. The molecule has 1 amide bonds. The first-order valence-corrected chi connectivity index (χ1v) is 11.5. The van der Waals surface area contributed by atoms with Gasteiger partial charge in [-0.15, -0.1) is 0 Å².